The van der Waals surface area contributed by atoms with Crippen LogP contribution in [0, 0.1) is 13.8 Å². The van der Waals surface area contributed by atoms with Crippen molar-refractivity contribution >= 4 is 33.4 Å². The van der Waals surface area contributed by atoms with Crippen LogP contribution in [-0.4, -0.2) is 22.6 Å². The number of para-hydroxylation sites is 1. The Morgan fingerprint density at radius 3 is 1.78 bits per heavy atom. The Balaban J connectivity index is 2.31. The van der Waals surface area contributed by atoms with Gasteiger partial charge in [-0.25, -0.2) is 4.79 Å². The van der Waals surface area contributed by atoms with Crippen molar-refractivity contribution in [2.45, 2.75) is 91.7 Å². The molecule has 200 valence electrons. The summed E-state index contributed by atoms with van der Waals surface area (Å²) in [6, 6.07) is 21.8. The molecule has 4 nitrogen and oxygen atoms in total. The first-order chi connectivity index (χ1) is 17.7. The summed E-state index contributed by atoms with van der Waals surface area (Å²) in [4.78, 5) is 13.9. The molecule has 0 amide bonds. The first kappa shape index (κ1) is 29.0. The zero-order chi connectivity index (χ0) is 27.2. The Kier molecular flexibility index (Phi) is 9.65. The Morgan fingerprint density at radius 2 is 1.22 bits per heavy atom. The number of aryl methyl sites for hydroxylation is 2. The SMILES string of the molecule is CC[Si](CC)(CC)Oc1c(C(=O)Oc2ccccc2C)cc(O[Si](CC)(CC)CC)c2c(C)cccc12. The second-order valence-electron chi connectivity index (χ2n) is 10.1. The fourth-order valence-electron chi connectivity index (χ4n) is 5.15. The average Bonchev–Trinajstić information content (AvgIpc) is 2.92. The first-order valence-electron chi connectivity index (χ1n) is 13.9. The Bertz CT molecular complexity index is 1210. The highest BCUT2D eigenvalue weighted by molar-refractivity contribution is 6.75. The van der Waals surface area contributed by atoms with Crippen LogP contribution >= 0.6 is 0 Å². The molecule has 0 saturated heterocycles. The molecule has 0 saturated carbocycles. The number of ether oxygens (including phenoxy) is 1. The number of carbonyl (C=O) groups excluding carboxylic acids is 1. The van der Waals surface area contributed by atoms with Gasteiger partial charge in [0, 0.05) is 10.8 Å². The van der Waals surface area contributed by atoms with Crippen molar-refractivity contribution in [3.63, 3.8) is 0 Å². The van der Waals surface area contributed by atoms with E-state index in [1.165, 1.54) is 0 Å². The molecular weight excluding hydrogens is 493 g/mol. The van der Waals surface area contributed by atoms with Crippen LogP contribution in [0.5, 0.6) is 17.2 Å². The molecule has 0 atom stereocenters. The zero-order valence-corrected chi connectivity index (χ0v) is 26.0. The van der Waals surface area contributed by atoms with Crippen LogP contribution in [0.15, 0.2) is 48.5 Å². The molecule has 37 heavy (non-hydrogen) atoms. The van der Waals surface area contributed by atoms with Crippen LogP contribution in [0.1, 0.15) is 63.0 Å². The second kappa shape index (κ2) is 12.3. The largest absolute Gasteiger partial charge is 0.543 e. The van der Waals surface area contributed by atoms with Crippen LogP contribution in [-0.2, 0) is 0 Å². The second-order valence-corrected chi connectivity index (χ2v) is 19.5. The van der Waals surface area contributed by atoms with Crippen molar-refractivity contribution in [1.29, 1.82) is 0 Å². The Hall–Kier alpha value is -2.58. The smallest absolute Gasteiger partial charge is 0.347 e. The molecule has 3 rings (SSSR count). The summed E-state index contributed by atoms with van der Waals surface area (Å²) in [6.45, 7) is 17.4. The molecule has 0 aliphatic rings. The van der Waals surface area contributed by atoms with Gasteiger partial charge in [0.25, 0.3) is 16.6 Å². The summed E-state index contributed by atoms with van der Waals surface area (Å²) in [6.07, 6.45) is 0. The van der Waals surface area contributed by atoms with Crippen LogP contribution < -0.4 is 13.6 Å². The van der Waals surface area contributed by atoms with Crippen molar-refractivity contribution in [2.75, 3.05) is 0 Å². The van der Waals surface area contributed by atoms with Gasteiger partial charge in [-0.05, 0) is 73.4 Å². The van der Waals surface area contributed by atoms with Crippen LogP contribution in [0.2, 0.25) is 36.3 Å². The van der Waals surface area contributed by atoms with E-state index in [1.807, 2.05) is 43.3 Å². The van der Waals surface area contributed by atoms with E-state index in [9.17, 15) is 4.79 Å². The highest BCUT2D eigenvalue weighted by Crippen LogP contribution is 2.43. The normalized spacial score (nSPS) is 12.0. The van der Waals surface area contributed by atoms with E-state index < -0.39 is 22.6 Å². The third-order valence-electron chi connectivity index (χ3n) is 8.31. The molecule has 0 N–H and O–H groups in total. The van der Waals surface area contributed by atoms with Crippen molar-refractivity contribution in [3.8, 4) is 17.2 Å². The van der Waals surface area contributed by atoms with E-state index in [2.05, 4.69) is 60.6 Å². The van der Waals surface area contributed by atoms with Crippen LogP contribution in [0.25, 0.3) is 10.8 Å². The lowest BCUT2D eigenvalue weighted by Crippen LogP contribution is -2.40. The Labute approximate surface area is 225 Å². The van der Waals surface area contributed by atoms with Gasteiger partial charge in [0.1, 0.15) is 22.8 Å². The van der Waals surface area contributed by atoms with Gasteiger partial charge in [-0.3, -0.25) is 0 Å². The van der Waals surface area contributed by atoms with E-state index >= 15 is 0 Å². The summed E-state index contributed by atoms with van der Waals surface area (Å²) in [5.74, 6) is 1.60. The van der Waals surface area contributed by atoms with E-state index in [4.69, 9.17) is 13.6 Å². The molecule has 0 fully saturated rings. The molecule has 0 radical (unpaired) electrons. The van der Waals surface area contributed by atoms with Gasteiger partial charge in [0.05, 0.1) is 0 Å². The number of esters is 1. The lowest BCUT2D eigenvalue weighted by atomic mass is 10.0. The molecule has 0 spiro atoms. The van der Waals surface area contributed by atoms with E-state index in [-0.39, 0.29) is 0 Å². The number of hydrogen-bond donors (Lipinski definition) is 0. The Morgan fingerprint density at radius 1 is 0.676 bits per heavy atom. The van der Waals surface area contributed by atoms with Crippen molar-refractivity contribution in [2.24, 2.45) is 0 Å². The summed E-state index contributed by atoms with van der Waals surface area (Å²) < 4.78 is 19.9. The van der Waals surface area contributed by atoms with Crippen molar-refractivity contribution < 1.29 is 18.4 Å². The lowest BCUT2D eigenvalue weighted by molar-refractivity contribution is 0.0731. The molecule has 0 aliphatic heterocycles. The predicted molar refractivity (Wildman–Crippen MR) is 160 cm³/mol. The maximum Gasteiger partial charge on any atom is 0.347 e. The standard InChI is InChI=1S/C31H44O4Si2/c1-9-36(10-2,11-3)34-28-22-26(31(32)33-27-21-16-15-18-23(27)7)30(35-37(12-4,13-5)14-6)25-20-17-19-24(8)29(25)28/h15-22H,9-14H2,1-8H3. The average molecular weight is 537 g/mol. The number of carbonyl (C=O) groups is 1. The summed E-state index contributed by atoms with van der Waals surface area (Å²) in [5.41, 5.74) is 2.49. The van der Waals surface area contributed by atoms with Gasteiger partial charge in [-0.15, -0.1) is 0 Å². The molecule has 0 bridgehead atoms. The van der Waals surface area contributed by atoms with Gasteiger partial charge in [0.2, 0.25) is 0 Å². The molecule has 0 aromatic heterocycles. The van der Waals surface area contributed by atoms with E-state index in [0.29, 0.717) is 17.1 Å². The summed E-state index contributed by atoms with van der Waals surface area (Å²) >= 11 is 0. The fraction of sp³-hybridized carbons (Fsp3) is 0.452. The van der Waals surface area contributed by atoms with Gasteiger partial charge >= 0.3 is 5.97 Å². The van der Waals surface area contributed by atoms with Gasteiger partial charge in [0.15, 0.2) is 0 Å². The van der Waals surface area contributed by atoms with Gasteiger partial charge in [-0.1, -0.05) is 77.9 Å². The quantitative estimate of drug-likeness (QED) is 0.131. The maximum absolute atomic E-state index is 13.9. The minimum Gasteiger partial charge on any atom is -0.543 e. The minimum atomic E-state index is -2.10. The van der Waals surface area contributed by atoms with Crippen molar-refractivity contribution in [1.82, 2.24) is 0 Å². The monoisotopic (exact) mass is 536 g/mol. The maximum atomic E-state index is 13.9. The third kappa shape index (κ3) is 5.96. The number of fused-ring (bicyclic) bond motifs is 1. The van der Waals surface area contributed by atoms with E-state index in [0.717, 1.165) is 63.9 Å². The van der Waals surface area contributed by atoms with Gasteiger partial charge < -0.3 is 13.6 Å². The van der Waals surface area contributed by atoms with Crippen molar-refractivity contribution in [3.05, 3.63) is 65.2 Å². The van der Waals surface area contributed by atoms with Crippen LogP contribution in [0.4, 0.5) is 0 Å². The molecule has 3 aromatic carbocycles. The molecular formula is C31H44O4Si2. The topological polar surface area (TPSA) is 44.8 Å². The number of rotatable bonds is 12. The van der Waals surface area contributed by atoms with Gasteiger partial charge in [-0.2, -0.15) is 0 Å². The molecule has 3 aromatic rings. The summed E-state index contributed by atoms with van der Waals surface area (Å²) in [5, 5.41) is 1.98. The number of hydrogen-bond acceptors (Lipinski definition) is 4. The molecule has 0 heterocycles. The third-order valence-corrected chi connectivity index (χ3v) is 17.3. The number of benzene rings is 3. The molecule has 0 unspecified atom stereocenters. The zero-order valence-electron chi connectivity index (χ0n) is 24.0. The minimum absolute atomic E-state index is 0.402. The summed E-state index contributed by atoms with van der Waals surface area (Å²) in [7, 11) is -4.11. The highest BCUT2D eigenvalue weighted by atomic mass is 28.4. The lowest BCUT2D eigenvalue weighted by Gasteiger charge is -2.33. The molecule has 6 heteroatoms. The molecule has 0 aliphatic carbocycles. The first-order valence-corrected chi connectivity index (χ1v) is 19.0. The highest BCUT2D eigenvalue weighted by Gasteiger charge is 2.36. The van der Waals surface area contributed by atoms with E-state index in [1.54, 1.807) is 0 Å². The predicted octanol–water partition coefficient (Wildman–Crippen LogP) is 9.44. The van der Waals surface area contributed by atoms with Crippen LogP contribution in [0.3, 0.4) is 0 Å². The fourth-order valence-corrected chi connectivity index (χ4v) is 10.3.